The summed E-state index contributed by atoms with van der Waals surface area (Å²) in [6, 6.07) is 18.4. The van der Waals surface area contributed by atoms with Crippen LogP contribution in [0.5, 0.6) is 11.5 Å². The van der Waals surface area contributed by atoms with Gasteiger partial charge in [-0.15, -0.1) is 0 Å². The van der Waals surface area contributed by atoms with Crippen LogP contribution in [0.3, 0.4) is 0 Å². The van der Waals surface area contributed by atoms with Gasteiger partial charge in [-0.05, 0) is 74.7 Å². The predicted molar refractivity (Wildman–Crippen MR) is 131 cm³/mol. The molecule has 0 fully saturated rings. The van der Waals surface area contributed by atoms with Gasteiger partial charge in [0.15, 0.2) is 6.29 Å². The summed E-state index contributed by atoms with van der Waals surface area (Å²) in [5.74, 6) is 1.67. The Morgan fingerprint density at radius 1 is 0.906 bits per heavy atom. The van der Waals surface area contributed by atoms with Crippen molar-refractivity contribution in [3.8, 4) is 11.5 Å². The Morgan fingerprint density at radius 3 is 2.38 bits per heavy atom. The van der Waals surface area contributed by atoms with Gasteiger partial charge in [0.2, 0.25) is 0 Å². The molecule has 3 aromatic carbocycles. The van der Waals surface area contributed by atoms with Crippen molar-refractivity contribution >= 4 is 21.8 Å². The molecule has 0 saturated heterocycles. The van der Waals surface area contributed by atoms with E-state index < -0.39 is 0 Å². The molecule has 0 amide bonds. The van der Waals surface area contributed by atoms with Gasteiger partial charge in [0.05, 0.1) is 0 Å². The average Bonchev–Trinajstić information content (AvgIpc) is 3.18. The lowest BCUT2D eigenvalue weighted by Gasteiger charge is -2.18. The van der Waals surface area contributed by atoms with Crippen molar-refractivity contribution in [1.82, 2.24) is 10.3 Å². The molecule has 0 spiro atoms. The zero-order valence-corrected chi connectivity index (χ0v) is 19.3. The third-order valence-electron chi connectivity index (χ3n) is 5.72. The van der Waals surface area contributed by atoms with E-state index in [2.05, 4.69) is 42.3 Å². The third kappa shape index (κ3) is 4.80. The second-order valence-electron chi connectivity index (χ2n) is 7.95. The van der Waals surface area contributed by atoms with E-state index in [1.54, 1.807) is 0 Å². The summed E-state index contributed by atoms with van der Waals surface area (Å²) in [5, 5.41) is 5.93. The molecule has 168 valence electrons. The molecule has 0 unspecified atom stereocenters. The van der Waals surface area contributed by atoms with Crippen molar-refractivity contribution in [1.29, 1.82) is 0 Å². The van der Waals surface area contributed by atoms with Gasteiger partial charge in [0, 0.05) is 48.1 Å². The van der Waals surface area contributed by atoms with Crippen LogP contribution in [-0.4, -0.2) is 31.0 Å². The maximum absolute atomic E-state index is 6.09. The maximum atomic E-state index is 6.09. The predicted octanol–water partition coefficient (Wildman–Crippen LogP) is 6.22. The first-order valence-electron chi connectivity index (χ1n) is 11.3. The summed E-state index contributed by atoms with van der Waals surface area (Å²) in [5.41, 5.74) is 6.07. The number of para-hydroxylation sites is 1. The van der Waals surface area contributed by atoms with E-state index >= 15 is 0 Å². The van der Waals surface area contributed by atoms with Crippen LogP contribution in [-0.2, 0) is 16.0 Å². The highest BCUT2D eigenvalue weighted by atomic mass is 16.7. The average molecular weight is 433 g/mol. The van der Waals surface area contributed by atoms with E-state index in [1.165, 1.54) is 33.0 Å². The number of rotatable bonds is 10. The fraction of sp³-hybridized carbons (Fsp3) is 0.333. The fourth-order valence-electron chi connectivity index (χ4n) is 4.19. The van der Waals surface area contributed by atoms with Gasteiger partial charge in [-0.2, -0.15) is 0 Å². The summed E-state index contributed by atoms with van der Waals surface area (Å²) >= 11 is 0. The molecule has 32 heavy (non-hydrogen) atoms. The molecule has 0 aliphatic heterocycles. The summed E-state index contributed by atoms with van der Waals surface area (Å²) in [6.07, 6.45) is -0.221. The van der Waals surface area contributed by atoms with Crippen LogP contribution in [0, 0.1) is 13.8 Å². The number of aromatic nitrogens is 1. The molecule has 4 rings (SSSR count). The van der Waals surface area contributed by atoms with Crippen LogP contribution in [0.1, 0.15) is 30.5 Å². The molecule has 0 radical (unpaired) electrons. The van der Waals surface area contributed by atoms with Crippen molar-refractivity contribution in [3.05, 3.63) is 71.3 Å². The summed E-state index contributed by atoms with van der Waals surface area (Å²) in [7, 11) is 0. The van der Waals surface area contributed by atoms with Crippen LogP contribution in [0.15, 0.2) is 54.6 Å². The monoisotopic (exact) mass is 432 g/mol. The number of H-pyrrole nitrogens is 1. The van der Waals surface area contributed by atoms with Crippen molar-refractivity contribution in [3.63, 3.8) is 0 Å². The van der Waals surface area contributed by atoms with E-state index in [1.807, 2.05) is 50.2 Å². The zero-order chi connectivity index (χ0) is 22.5. The first kappa shape index (κ1) is 22.3. The van der Waals surface area contributed by atoms with Gasteiger partial charge >= 0.3 is 0 Å². The minimum Gasteiger partial charge on any atom is -0.457 e. The summed E-state index contributed by atoms with van der Waals surface area (Å²) in [4.78, 5) is 3.60. The Hall–Kier alpha value is -2.86. The smallest absolute Gasteiger partial charge is 0.169 e. The standard InChI is InChI=1S/C27H32N2O3/c1-5-30-25(31-6-2)17-28-16-20-14-18(3)27-26(19(20)4)23-15-22(12-13-24(23)29-27)32-21-10-8-7-9-11-21/h7-15,25,28-29H,5-6,16-17H2,1-4H3. The maximum Gasteiger partial charge on any atom is 0.169 e. The number of nitrogens with one attached hydrogen (secondary N) is 2. The number of hydrogen-bond donors (Lipinski definition) is 2. The van der Waals surface area contributed by atoms with Gasteiger partial charge in [0.1, 0.15) is 11.5 Å². The lowest BCUT2D eigenvalue weighted by molar-refractivity contribution is -0.133. The number of benzene rings is 3. The van der Waals surface area contributed by atoms with E-state index in [4.69, 9.17) is 14.2 Å². The molecule has 5 nitrogen and oxygen atoms in total. The van der Waals surface area contributed by atoms with Gasteiger partial charge in [-0.1, -0.05) is 24.3 Å². The van der Waals surface area contributed by atoms with Crippen LogP contribution in [0.25, 0.3) is 21.8 Å². The number of ether oxygens (including phenoxy) is 3. The highest BCUT2D eigenvalue weighted by molar-refractivity contribution is 6.10. The van der Waals surface area contributed by atoms with Gasteiger partial charge < -0.3 is 24.5 Å². The Bertz CT molecular complexity index is 1180. The molecule has 0 aliphatic rings. The normalized spacial score (nSPS) is 11.7. The lowest BCUT2D eigenvalue weighted by atomic mass is 9.98. The molecule has 0 bridgehead atoms. The second-order valence-corrected chi connectivity index (χ2v) is 7.95. The molecule has 2 N–H and O–H groups in total. The molecule has 0 aliphatic carbocycles. The number of fused-ring (bicyclic) bond motifs is 3. The molecule has 1 aromatic heterocycles. The van der Waals surface area contributed by atoms with Gasteiger partial charge in [-0.3, -0.25) is 0 Å². The number of aryl methyl sites for hydroxylation is 2. The minimum absolute atomic E-state index is 0.221. The Morgan fingerprint density at radius 2 is 1.66 bits per heavy atom. The Kier molecular flexibility index (Phi) is 7.10. The molecule has 5 heteroatoms. The molecular weight excluding hydrogens is 400 g/mol. The first-order chi connectivity index (χ1) is 15.6. The van der Waals surface area contributed by atoms with Crippen molar-refractivity contribution in [2.45, 2.75) is 40.5 Å². The van der Waals surface area contributed by atoms with Crippen LogP contribution in [0.4, 0.5) is 0 Å². The number of hydrogen-bond acceptors (Lipinski definition) is 4. The molecule has 0 atom stereocenters. The first-order valence-corrected chi connectivity index (χ1v) is 11.3. The zero-order valence-electron chi connectivity index (χ0n) is 19.3. The SMILES string of the molecule is CCOC(CNCc1cc(C)c2[nH]c3ccc(Oc4ccccc4)cc3c2c1C)OCC. The van der Waals surface area contributed by atoms with Gasteiger partial charge in [-0.25, -0.2) is 0 Å². The van der Waals surface area contributed by atoms with Crippen LogP contribution in [0.2, 0.25) is 0 Å². The van der Waals surface area contributed by atoms with Crippen LogP contribution < -0.4 is 10.1 Å². The third-order valence-corrected chi connectivity index (χ3v) is 5.72. The van der Waals surface area contributed by atoms with E-state index in [0.29, 0.717) is 19.8 Å². The second kappa shape index (κ2) is 10.2. The summed E-state index contributed by atoms with van der Waals surface area (Å²) in [6.45, 7) is 11.0. The van der Waals surface area contributed by atoms with Crippen LogP contribution >= 0.6 is 0 Å². The fourth-order valence-corrected chi connectivity index (χ4v) is 4.19. The minimum atomic E-state index is -0.221. The van der Waals surface area contributed by atoms with Crippen molar-refractivity contribution < 1.29 is 14.2 Å². The topological polar surface area (TPSA) is 55.5 Å². The largest absolute Gasteiger partial charge is 0.457 e. The molecule has 0 saturated carbocycles. The molecule has 1 heterocycles. The van der Waals surface area contributed by atoms with Gasteiger partial charge in [0.25, 0.3) is 0 Å². The Balaban J connectivity index is 1.63. The molecule has 4 aromatic rings. The number of aromatic amines is 1. The van der Waals surface area contributed by atoms with Crippen molar-refractivity contribution in [2.75, 3.05) is 19.8 Å². The van der Waals surface area contributed by atoms with E-state index in [-0.39, 0.29) is 6.29 Å². The van der Waals surface area contributed by atoms with Crippen molar-refractivity contribution in [2.24, 2.45) is 0 Å². The van der Waals surface area contributed by atoms with E-state index in [9.17, 15) is 0 Å². The summed E-state index contributed by atoms with van der Waals surface area (Å²) < 4.78 is 17.4. The quantitative estimate of drug-likeness (QED) is 0.292. The lowest BCUT2D eigenvalue weighted by Crippen LogP contribution is -2.31. The molecular formula is C27H32N2O3. The highest BCUT2D eigenvalue weighted by Gasteiger charge is 2.14. The highest BCUT2D eigenvalue weighted by Crippen LogP contribution is 2.35. The van der Waals surface area contributed by atoms with E-state index in [0.717, 1.165) is 23.6 Å². The Labute approximate surface area is 189 Å².